The summed E-state index contributed by atoms with van der Waals surface area (Å²) in [6, 6.07) is 0. The van der Waals surface area contributed by atoms with Gasteiger partial charge in [-0.25, -0.2) is 0 Å². The van der Waals surface area contributed by atoms with Crippen molar-refractivity contribution >= 4 is 19.9 Å². The molecule has 0 aliphatic heterocycles. The van der Waals surface area contributed by atoms with Gasteiger partial charge in [0.15, 0.2) is 0 Å². The van der Waals surface area contributed by atoms with Crippen LogP contribution in [0.4, 0.5) is 0 Å². The average Bonchev–Trinajstić information content (AvgIpc) is 1.81. The predicted molar refractivity (Wildman–Crippen MR) is 42.3 cm³/mol. The van der Waals surface area contributed by atoms with E-state index in [0.717, 1.165) is 0 Å². The second kappa shape index (κ2) is 4.17. The minimum Gasteiger partial charge on any atom is -0.308 e. The summed E-state index contributed by atoms with van der Waals surface area (Å²) in [5.74, 6) is 0. The Morgan fingerprint density at radius 1 is 1.70 bits per heavy atom. The Bertz CT molecular complexity index is 173. The number of hydrogen-bond acceptors (Lipinski definition) is 4. The number of nitrogens with one attached hydrogen (secondary N) is 1. The van der Waals surface area contributed by atoms with E-state index < -0.39 is 9.15 Å². The molecule has 1 atom stereocenters. The Morgan fingerprint density at radius 2 is 2.20 bits per heavy atom. The van der Waals surface area contributed by atoms with Crippen molar-refractivity contribution in [2.75, 3.05) is 7.05 Å². The highest BCUT2D eigenvalue weighted by atomic mass is 33.1. The Morgan fingerprint density at radius 3 is 2.30 bits per heavy atom. The van der Waals surface area contributed by atoms with Crippen LogP contribution >= 0.6 is 10.8 Å². The summed E-state index contributed by atoms with van der Waals surface area (Å²) in [6.45, 7) is 1.83. The molecule has 0 saturated carbocycles. The second-order valence-electron chi connectivity index (χ2n) is 1.71. The van der Waals surface area contributed by atoms with E-state index in [-0.39, 0.29) is 5.37 Å². The minimum absolute atomic E-state index is 0.227. The molecule has 62 valence electrons. The molecule has 1 unspecified atom stereocenters. The fourth-order valence-electron chi connectivity index (χ4n) is 0.467. The van der Waals surface area contributed by atoms with E-state index in [2.05, 4.69) is 5.32 Å². The highest BCUT2D eigenvalue weighted by molar-refractivity contribution is 8.70. The smallest absolute Gasteiger partial charge is 0.308 e. The first-order chi connectivity index (χ1) is 4.49. The predicted octanol–water partition coefficient (Wildman–Crippen LogP) is 0.478. The van der Waals surface area contributed by atoms with Gasteiger partial charge >= 0.3 is 9.15 Å². The van der Waals surface area contributed by atoms with Gasteiger partial charge in [-0.15, -0.1) is 0 Å². The van der Waals surface area contributed by atoms with Gasteiger partial charge in [0.25, 0.3) is 0 Å². The van der Waals surface area contributed by atoms with Gasteiger partial charge < -0.3 is 5.32 Å². The van der Waals surface area contributed by atoms with Gasteiger partial charge in [0.1, 0.15) is 0 Å². The third-order valence-corrected chi connectivity index (χ3v) is 3.40. The fraction of sp³-hybridized carbons (Fsp3) is 1.00. The van der Waals surface area contributed by atoms with Crippen LogP contribution in [0.15, 0.2) is 0 Å². The van der Waals surface area contributed by atoms with Crippen LogP contribution in [0.2, 0.25) is 0 Å². The molecule has 0 fully saturated rings. The molecular formula is C4H11NO3S2. The molecule has 0 saturated heterocycles. The molecule has 10 heavy (non-hydrogen) atoms. The number of rotatable bonds is 4. The zero-order valence-corrected chi connectivity index (χ0v) is 7.50. The van der Waals surface area contributed by atoms with Crippen LogP contribution in [0.3, 0.4) is 0 Å². The van der Waals surface area contributed by atoms with Crippen molar-refractivity contribution in [2.24, 2.45) is 0 Å². The summed E-state index contributed by atoms with van der Waals surface area (Å²) < 4.78 is 28.8. The van der Waals surface area contributed by atoms with Crippen molar-refractivity contribution < 1.29 is 13.0 Å². The molecule has 0 bridgehead atoms. The quantitative estimate of drug-likeness (QED) is 0.379. The molecule has 0 radical (unpaired) electrons. The van der Waals surface area contributed by atoms with Gasteiger partial charge in [-0.3, -0.25) is 4.55 Å². The van der Waals surface area contributed by atoms with Crippen LogP contribution in [0.5, 0.6) is 0 Å². The molecule has 0 aliphatic rings. The summed E-state index contributed by atoms with van der Waals surface area (Å²) in [4.78, 5) is 0. The molecule has 4 nitrogen and oxygen atoms in total. The lowest BCUT2D eigenvalue weighted by Gasteiger charge is -2.08. The van der Waals surface area contributed by atoms with Crippen LogP contribution in [0.25, 0.3) is 0 Å². The Labute approximate surface area is 64.5 Å². The molecular weight excluding hydrogens is 174 g/mol. The van der Waals surface area contributed by atoms with E-state index in [9.17, 15) is 8.42 Å². The lowest BCUT2D eigenvalue weighted by Crippen LogP contribution is -2.21. The van der Waals surface area contributed by atoms with Crippen molar-refractivity contribution in [3.63, 3.8) is 0 Å². The summed E-state index contributed by atoms with van der Waals surface area (Å²) in [7, 11) is -1.73. The van der Waals surface area contributed by atoms with Crippen molar-refractivity contribution in [3.8, 4) is 0 Å². The zero-order chi connectivity index (χ0) is 8.20. The highest BCUT2D eigenvalue weighted by Crippen LogP contribution is 2.16. The van der Waals surface area contributed by atoms with Crippen LogP contribution in [0, 0.1) is 0 Å². The average molecular weight is 185 g/mol. The first-order valence-corrected chi connectivity index (χ1v) is 5.66. The Balaban J connectivity index is 3.87. The van der Waals surface area contributed by atoms with Crippen LogP contribution < -0.4 is 5.32 Å². The normalized spacial score (nSPS) is 15.1. The monoisotopic (exact) mass is 185 g/mol. The first kappa shape index (κ1) is 10.2. The van der Waals surface area contributed by atoms with E-state index in [1.165, 1.54) is 0 Å². The topological polar surface area (TPSA) is 66.4 Å². The van der Waals surface area contributed by atoms with E-state index in [4.69, 9.17) is 4.55 Å². The molecule has 0 aliphatic carbocycles. The molecule has 0 rings (SSSR count). The van der Waals surface area contributed by atoms with Gasteiger partial charge in [0.05, 0.1) is 5.37 Å². The van der Waals surface area contributed by atoms with Crippen molar-refractivity contribution in [1.29, 1.82) is 0 Å². The maximum Gasteiger partial charge on any atom is 0.321 e. The molecule has 0 aromatic rings. The standard InChI is InChI=1S/C4H11NO3S2/c1-3-4(5-2)9-10(6,7)8/h4-5H,3H2,1-2H3,(H,6,7,8). The first-order valence-electron chi connectivity index (χ1n) is 2.82. The summed E-state index contributed by atoms with van der Waals surface area (Å²) in [6.07, 6.45) is 0.654. The molecule has 6 heteroatoms. The maximum atomic E-state index is 10.2. The molecule has 0 spiro atoms. The van der Waals surface area contributed by atoms with E-state index in [0.29, 0.717) is 17.2 Å². The second-order valence-corrected chi connectivity index (χ2v) is 5.17. The van der Waals surface area contributed by atoms with E-state index in [1.54, 1.807) is 7.05 Å². The van der Waals surface area contributed by atoms with Gasteiger partial charge in [-0.05, 0) is 13.5 Å². The molecule has 0 aromatic heterocycles. The summed E-state index contributed by atoms with van der Waals surface area (Å²) in [5, 5.41) is 2.51. The van der Waals surface area contributed by atoms with Gasteiger partial charge in [0.2, 0.25) is 0 Å². The molecule has 0 aromatic carbocycles. The lowest BCUT2D eigenvalue weighted by atomic mass is 10.5. The van der Waals surface area contributed by atoms with E-state index >= 15 is 0 Å². The summed E-state index contributed by atoms with van der Waals surface area (Å²) in [5.41, 5.74) is 0. The van der Waals surface area contributed by atoms with Crippen LogP contribution in [-0.4, -0.2) is 25.4 Å². The summed E-state index contributed by atoms with van der Waals surface area (Å²) >= 11 is 0. The fourth-order valence-corrected chi connectivity index (χ4v) is 2.57. The van der Waals surface area contributed by atoms with Gasteiger partial charge in [-0.2, -0.15) is 8.42 Å². The third kappa shape index (κ3) is 5.04. The Kier molecular flexibility index (Phi) is 4.26. The largest absolute Gasteiger partial charge is 0.321 e. The SMILES string of the molecule is CCC(NC)SS(=O)(=O)O. The maximum absolute atomic E-state index is 10.2. The minimum atomic E-state index is -3.89. The molecule has 0 amide bonds. The highest BCUT2D eigenvalue weighted by Gasteiger charge is 2.13. The van der Waals surface area contributed by atoms with Crippen molar-refractivity contribution in [3.05, 3.63) is 0 Å². The zero-order valence-electron chi connectivity index (χ0n) is 5.86. The lowest BCUT2D eigenvalue weighted by molar-refractivity contribution is 0.502. The van der Waals surface area contributed by atoms with Gasteiger partial charge in [0, 0.05) is 10.8 Å². The Hall–Kier alpha value is 0.220. The third-order valence-electron chi connectivity index (χ3n) is 0.931. The van der Waals surface area contributed by atoms with Gasteiger partial charge in [-0.1, -0.05) is 6.92 Å². The molecule has 2 N–H and O–H groups in total. The number of hydrogen-bond donors (Lipinski definition) is 2. The van der Waals surface area contributed by atoms with Crippen LogP contribution in [0.1, 0.15) is 13.3 Å². The van der Waals surface area contributed by atoms with E-state index in [1.807, 2.05) is 6.92 Å². The van der Waals surface area contributed by atoms with Crippen LogP contribution in [-0.2, 0) is 9.15 Å². The van der Waals surface area contributed by atoms with Crippen molar-refractivity contribution in [1.82, 2.24) is 5.32 Å². The molecule has 0 heterocycles. The van der Waals surface area contributed by atoms with Crippen molar-refractivity contribution in [2.45, 2.75) is 18.7 Å².